The fourth-order valence-electron chi connectivity index (χ4n) is 7.06. The number of aromatic nitrogens is 2. The summed E-state index contributed by atoms with van der Waals surface area (Å²) in [6.07, 6.45) is 17.9. The number of rotatable bonds is 4. The molecule has 4 heterocycles. The summed E-state index contributed by atoms with van der Waals surface area (Å²) >= 11 is 0. The predicted octanol–water partition coefficient (Wildman–Crippen LogP) is 7.33. The number of phenols is 1. The van der Waals surface area contributed by atoms with Gasteiger partial charge in [-0.3, -0.25) is 9.59 Å². The molecule has 2 aromatic heterocycles. The standard InChI is InChI=1S/C39H46N4O5/c1-4-26-9-12-33(48-25(2)44)19-32(45)20-36(28-11-13-37(46)38(18-28)47-3)43-23-30-6-5-7-35(34(30)24-43)42-39-17-27(14-15-41-39)8-10-29-21-40-22-31(29)16-26/h5-7,11,13-14,17-18,21-24,26,33,36,40-42,46H,4,8-10,12,15-16,19-20H2,1-3H3. The number of ether oxygens (including phenoxy) is 2. The summed E-state index contributed by atoms with van der Waals surface area (Å²) in [7, 11) is 1.51. The number of fused-ring (bicyclic) bond motifs is 3. The molecule has 9 nitrogen and oxygen atoms in total. The average Bonchev–Trinajstić information content (AvgIpc) is 3.71. The number of Topliss-reactive ketones (excluding diaryl/α,β-unsaturated/α-hetero) is 1. The summed E-state index contributed by atoms with van der Waals surface area (Å²) in [5, 5.41) is 19.5. The van der Waals surface area contributed by atoms with Crippen molar-refractivity contribution >= 4 is 28.2 Å². The first-order valence-corrected chi connectivity index (χ1v) is 17.0. The second-order valence-corrected chi connectivity index (χ2v) is 13.0. The maximum atomic E-state index is 13.9. The highest BCUT2D eigenvalue weighted by atomic mass is 16.5. The van der Waals surface area contributed by atoms with Crippen LogP contribution >= 0.6 is 0 Å². The molecular weight excluding hydrogens is 604 g/mol. The highest BCUT2D eigenvalue weighted by Crippen LogP contribution is 2.35. The first-order chi connectivity index (χ1) is 23.3. The molecule has 2 aliphatic rings. The van der Waals surface area contributed by atoms with Gasteiger partial charge in [-0.1, -0.05) is 37.6 Å². The fraction of sp³-hybridized carbons (Fsp3) is 0.385. The second kappa shape index (κ2) is 14.9. The highest BCUT2D eigenvalue weighted by Gasteiger charge is 2.25. The molecule has 3 atom stereocenters. The van der Waals surface area contributed by atoms with Crippen molar-refractivity contribution < 1.29 is 24.2 Å². The molecular formula is C39H46N4O5. The molecule has 9 heteroatoms. The van der Waals surface area contributed by atoms with Gasteiger partial charge in [-0.2, -0.15) is 0 Å². The number of aryl methyl sites for hydroxylation is 1. The lowest BCUT2D eigenvalue weighted by atomic mass is 9.89. The number of carbonyl (C=O) groups excluding carboxylic acids is 2. The molecule has 0 saturated carbocycles. The minimum atomic E-state index is -0.496. The molecule has 0 radical (unpaired) electrons. The lowest BCUT2D eigenvalue weighted by molar-refractivity contribution is -0.148. The predicted molar refractivity (Wildman–Crippen MR) is 188 cm³/mol. The maximum Gasteiger partial charge on any atom is 0.302 e. The van der Waals surface area contributed by atoms with Gasteiger partial charge in [0.15, 0.2) is 11.5 Å². The van der Waals surface area contributed by atoms with Gasteiger partial charge < -0.3 is 34.8 Å². The number of esters is 1. The van der Waals surface area contributed by atoms with Crippen LogP contribution in [0.1, 0.15) is 75.1 Å². The molecule has 4 bridgehead atoms. The van der Waals surface area contributed by atoms with Crippen molar-refractivity contribution in [1.29, 1.82) is 0 Å². The molecule has 4 N–H and O–H groups in total. The summed E-state index contributed by atoms with van der Waals surface area (Å²) in [4.78, 5) is 29.4. The fourth-order valence-corrected chi connectivity index (χ4v) is 7.06. The van der Waals surface area contributed by atoms with E-state index in [1.807, 2.05) is 12.1 Å². The highest BCUT2D eigenvalue weighted by molar-refractivity contribution is 5.94. The number of dihydropyridines is 1. The Bertz CT molecular complexity index is 1830. The van der Waals surface area contributed by atoms with Crippen LogP contribution in [0.25, 0.3) is 10.8 Å². The molecule has 3 unspecified atom stereocenters. The van der Waals surface area contributed by atoms with Crippen LogP contribution in [-0.2, 0) is 27.2 Å². The van der Waals surface area contributed by atoms with E-state index in [1.165, 1.54) is 30.7 Å². The number of aromatic hydroxyl groups is 1. The van der Waals surface area contributed by atoms with Crippen molar-refractivity contribution in [2.24, 2.45) is 5.92 Å². The molecule has 4 aromatic rings. The minimum absolute atomic E-state index is 0.00265. The molecule has 0 aliphatic carbocycles. The Kier molecular flexibility index (Phi) is 10.2. The Morgan fingerprint density at radius 3 is 2.71 bits per heavy atom. The zero-order valence-electron chi connectivity index (χ0n) is 28.1. The third-order valence-corrected chi connectivity index (χ3v) is 9.71. The number of hydrogen-bond donors (Lipinski definition) is 4. The van der Waals surface area contributed by atoms with Gasteiger partial charge in [0.1, 0.15) is 17.7 Å². The van der Waals surface area contributed by atoms with Crippen molar-refractivity contribution in [3.8, 4) is 11.5 Å². The maximum absolute atomic E-state index is 13.9. The van der Waals surface area contributed by atoms with Gasteiger partial charge in [0, 0.05) is 67.6 Å². The smallest absolute Gasteiger partial charge is 0.302 e. The summed E-state index contributed by atoms with van der Waals surface area (Å²) in [5.41, 5.74) is 5.73. The van der Waals surface area contributed by atoms with Crippen molar-refractivity contribution in [2.75, 3.05) is 19.0 Å². The number of carbonyl (C=O) groups is 2. The molecule has 2 aliphatic heterocycles. The van der Waals surface area contributed by atoms with Gasteiger partial charge in [-0.15, -0.1) is 0 Å². The zero-order valence-corrected chi connectivity index (χ0v) is 28.1. The summed E-state index contributed by atoms with van der Waals surface area (Å²) < 4.78 is 13.3. The van der Waals surface area contributed by atoms with Gasteiger partial charge in [-0.25, -0.2) is 0 Å². The van der Waals surface area contributed by atoms with Crippen LogP contribution in [0.15, 0.2) is 84.7 Å². The number of H-pyrrole nitrogens is 1. The van der Waals surface area contributed by atoms with Crippen molar-refractivity contribution in [2.45, 2.75) is 77.4 Å². The van der Waals surface area contributed by atoms with Crippen LogP contribution in [0, 0.1) is 5.92 Å². The molecule has 0 spiro atoms. The number of phenolic OH excluding ortho intramolecular Hbond substituents is 1. The van der Waals surface area contributed by atoms with E-state index in [0.29, 0.717) is 18.1 Å². The first kappa shape index (κ1) is 33.0. The zero-order chi connectivity index (χ0) is 33.6. The monoisotopic (exact) mass is 650 g/mol. The largest absolute Gasteiger partial charge is 0.504 e. The number of allylic oxidation sites excluding steroid dienone is 2. The second-order valence-electron chi connectivity index (χ2n) is 13.0. The van der Waals surface area contributed by atoms with E-state index in [-0.39, 0.29) is 36.4 Å². The van der Waals surface area contributed by atoms with Crippen LogP contribution in [0.2, 0.25) is 0 Å². The van der Waals surface area contributed by atoms with E-state index in [4.69, 9.17) is 9.47 Å². The summed E-state index contributed by atoms with van der Waals surface area (Å²) in [6.45, 7) is 4.36. The van der Waals surface area contributed by atoms with Gasteiger partial charge in [0.25, 0.3) is 0 Å². The number of methoxy groups -OCH3 is 1. The number of nitrogens with zero attached hydrogens (tertiary/aromatic N) is 1. The third-order valence-electron chi connectivity index (χ3n) is 9.71. The number of anilines is 1. The average molecular weight is 651 g/mol. The van der Waals surface area contributed by atoms with Gasteiger partial charge in [0.05, 0.1) is 13.2 Å². The van der Waals surface area contributed by atoms with Gasteiger partial charge in [0.2, 0.25) is 0 Å². The van der Waals surface area contributed by atoms with Crippen LogP contribution in [-0.4, -0.2) is 46.2 Å². The Morgan fingerprint density at radius 1 is 1.04 bits per heavy atom. The van der Waals surface area contributed by atoms with E-state index < -0.39 is 6.10 Å². The summed E-state index contributed by atoms with van der Waals surface area (Å²) in [5.74, 6) is 1.35. The quantitative estimate of drug-likeness (QED) is 0.171. The van der Waals surface area contributed by atoms with Crippen LogP contribution < -0.4 is 15.4 Å². The van der Waals surface area contributed by atoms with Crippen molar-refractivity contribution in [3.05, 3.63) is 101 Å². The van der Waals surface area contributed by atoms with Gasteiger partial charge >= 0.3 is 5.97 Å². The lowest BCUT2D eigenvalue weighted by Crippen LogP contribution is -2.24. The number of ketones is 1. The van der Waals surface area contributed by atoms with Crippen molar-refractivity contribution in [1.82, 2.24) is 14.9 Å². The lowest BCUT2D eigenvalue weighted by Gasteiger charge is -2.23. The normalized spacial score (nSPS) is 20.8. The van der Waals surface area contributed by atoms with E-state index >= 15 is 0 Å². The molecule has 0 saturated heterocycles. The molecule has 0 fully saturated rings. The third kappa shape index (κ3) is 7.78. The number of benzene rings is 2. The molecule has 48 heavy (non-hydrogen) atoms. The SMILES string of the molecule is CCC1CCC(OC(C)=O)CC(=O)CC(c2ccc(O)c(OC)c2)n2cc3cccc(c3c2)NC2=CC(=CCN2)CCc2c[nH]cc2C1. The first-order valence-electron chi connectivity index (χ1n) is 17.0. The number of nitrogens with one attached hydrogen (secondary N) is 3. The number of aromatic amines is 1. The van der Waals surface area contributed by atoms with E-state index in [0.717, 1.165) is 66.5 Å². The minimum Gasteiger partial charge on any atom is -0.504 e. The Labute approximate surface area is 282 Å². The molecule has 6 rings (SSSR count). The van der Waals surface area contributed by atoms with E-state index in [2.05, 4.69) is 76.2 Å². The Morgan fingerprint density at radius 2 is 1.90 bits per heavy atom. The molecule has 2 aromatic carbocycles. The van der Waals surface area contributed by atoms with E-state index in [9.17, 15) is 14.7 Å². The molecule has 252 valence electrons. The van der Waals surface area contributed by atoms with Crippen LogP contribution in [0.5, 0.6) is 11.5 Å². The Balaban J connectivity index is 1.39. The van der Waals surface area contributed by atoms with Crippen LogP contribution in [0.4, 0.5) is 5.69 Å². The Hall–Kier alpha value is -4.92. The number of hydrogen-bond acceptors (Lipinski definition) is 7. The topological polar surface area (TPSA) is 118 Å². The van der Waals surface area contributed by atoms with Gasteiger partial charge in [-0.05, 0) is 84.6 Å². The van der Waals surface area contributed by atoms with Crippen molar-refractivity contribution in [3.63, 3.8) is 0 Å². The molecule has 0 amide bonds. The summed E-state index contributed by atoms with van der Waals surface area (Å²) in [6, 6.07) is 11.0. The van der Waals surface area contributed by atoms with E-state index in [1.54, 1.807) is 12.1 Å². The van der Waals surface area contributed by atoms with Crippen LogP contribution in [0.3, 0.4) is 0 Å².